The predicted molar refractivity (Wildman–Crippen MR) is 63.4 cm³/mol. The highest BCUT2D eigenvalue weighted by Crippen LogP contribution is 2.29. The third kappa shape index (κ3) is 3.42. The Morgan fingerprint density at radius 3 is 3.00 bits per heavy atom. The third-order valence-electron chi connectivity index (χ3n) is 2.54. The molecule has 1 fully saturated rings. The molecule has 1 saturated carbocycles. The van der Waals surface area contributed by atoms with Crippen molar-refractivity contribution in [2.24, 2.45) is 11.1 Å². The first-order valence-corrected chi connectivity index (χ1v) is 5.74. The Morgan fingerprint density at radius 1 is 1.50 bits per heavy atom. The van der Waals surface area contributed by atoms with E-state index in [1.54, 1.807) is 0 Å². The van der Waals surface area contributed by atoms with Gasteiger partial charge in [0.15, 0.2) is 0 Å². The van der Waals surface area contributed by atoms with Gasteiger partial charge in [-0.3, -0.25) is 0 Å². The average molecular weight is 240 g/mol. The van der Waals surface area contributed by atoms with Gasteiger partial charge in [0.1, 0.15) is 10.9 Å². The lowest BCUT2D eigenvalue weighted by molar-refractivity contribution is 0.299. The van der Waals surface area contributed by atoms with Gasteiger partial charge in [0.25, 0.3) is 0 Å². The lowest BCUT2D eigenvalue weighted by Crippen LogP contribution is -2.00. The maximum atomic E-state index is 8.47. The Kier molecular flexibility index (Phi) is 3.67. The van der Waals surface area contributed by atoms with Gasteiger partial charge < -0.3 is 9.94 Å². The average Bonchev–Trinajstić information content (AvgIpc) is 3.10. The molecule has 0 aromatic heterocycles. The van der Waals surface area contributed by atoms with Crippen LogP contribution < -0.4 is 4.74 Å². The van der Waals surface area contributed by atoms with Crippen molar-refractivity contribution in [2.45, 2.75) is 19.3 Å². The second-order valence-electron chi connectivity index (χ2n) is 4.05. The molecule has 3 nitrogen and oxygen atoms in total. The number of hydrogen-bond acceptors (Lipinski definition) is 3. The molecule has 1 aromatic carbocycles. The van der Waals surface area contributed by atoms with Crippen LogP contribution in [0.15, 0.2) is 29.4 Å². The molecule has 2 rings (SSSR count). The molecule has 0 radical (unpaired) electrons. The molecule has 16 heavy (non-hydrogen) atoms. The van der Waals surface area contributed by atoms with Crippen LogP contribution in [0.4, 0.5) is 0 Å². The fourth-order valence-electron chi connectivity index (χ4n) is 1.45. The monoisotopic (exact) mass is 239 g/mol. The van der Waals surface area contributed by atoms with Crippen LogP contribution in [-0.4, -0.2) is 17.0 Å². The van der Waals surface area contributed by atoms with E-state index in [9.17, 15) is 0 Å². The molecule has 0 heterocycles. The number of oxime groups is 1. The van der Waals surface area contributed by atoms with Crippen molar-refractivity contribution in [1.82, 2.24) is 0 Å². The first kappa shape index (κ1) is 11.3. The van der Waals surface area contributed by atoms with Crippen molar-refractivity contribution in [2.75, 3.05) is 6.61 Å². The number of ether oxygens (including phenoxy) is 1. The molecule has 4 heteroatoms. The maximum absolute atomic E-state index is 8.47. The minimum atomic E-state index is 0.180. The Labute approximate surface area is 99.7 Å². The van der Waals surface area contributed by atoms with Gasteiger partial charge in [-0.05, 0) is 36.5 Å². The fraction of sp³-hybridized carbons (Fsp3) is 0.417. The van der Waals surface area contributed by atoms with Crippen molar-refractivity contribution >= 4 is 16.8 Å². The van der Waals surface area contributed by atoms with Crippen LogP contribution in [0.1, 0.15) is 18.4 Å². The molecule has 1 N–H and O–H groups in total. The summed E-state index contributed by atoms with van der Waals surface area (Å²) in [4.78, 5) is 0. The summed E-state index contributed by atoms with van der Waals surface area (Å²) >= 11 is 5.65. The normalized spacial score (nSPS) is 16.2. The van der Waals surface area contributed by atoms with Gasteiger partial charge in [0, 0.05) is 6.42 Å². The summed E-state index contributed by atoms with van der Waals surface area (Å²) in [7, 11) is 0. The molecule has 0 atom stereocenters. The van der Waals surface area contributed by atoms with E-state index < -0.39 is 0 Å². The second kappa shape index (κ2) is 5.21. The third-order valence-corrected chi connectivity index (χ3v) is 2.75. The van der Waals surface area contributed by atoms with Crippen LogP contribution >= 0.6 is 11.6 Å². The molecule has 0 aliphatic heterocycles. The first-order valence-electron chi connectivity index (χ1n) is 5.36. The number of halogens is 1. The number of rotatable bonds is 5. The Hall–Kier alpha value is -1.22. The standard InChI is InChI=1S/C12H14ClNO2/c13-12(14-15)7-10-2-1-3-11(6-10)16-8-9-4-5-9/h1-3,6,9,15H,4-5,7-8H2. The smallest absolute Gasteiger partial charge is 0.149 e. The van der Waals surface area contributed by atoms with E-state index in [0.29, 0.717) is 6.42 Å². The van der Waals surface area contributed by atoms with Gasteiger partial charge in [-0.2, -0.15) is 0 Å². The van der Waals surface area contributed by atoms with E-state index in [4.69, 9.17) is 21.5 Å². The maximum Gasteiger partial charge on any atom is 0.149 e. The van der Waals surface area contributed by atoms with Crippen LogP contribution in [0.2, 0.25) is 0 Å². The number of nitrogens with zero attached hydrogens (tertiary/aromatic N) is 1. The zero-order valence-electron chi connectivity index (χ0n) is 8.90. The first-order chi connectivity index (χ1) is 7.78. The molecule has 0 amide bonds. The quantitative estimate of drug-likeness (QED) is 0.488. The number of hydrogen-bond donors (Lipinski definition) is 1. The summed E-state index contributed by atoms with van der Waals surface area (Å²) < 4.78 is 5.64. The van der Waals surface area contributed by atoms with E-state index in [0.717, 1.165) is 23.8 Å². The van der Waals surface area contributed by atoms with Crippen LogP contribution in [-0.2, 0) is 6.42 Å². The van der Waals surface area contributed by atoms with Gasteiger partial charge in [-0.15, -0.1) is 0 Å². The molecular weight excluding hydrogens is 226 g/mol. The molecule has 86 valence electrons. The summed E-state index contributed by atoms with van der Waals surface area (Å²) in [5.74, 6) is 1.60. The van der Waals surface area contributed by atoms with Crippen LogP contribution in [0.5, 0.6) is 5.75 Å². The van der Waals surface area contributed by atoms with Crippen LogP contribution in [0.25, 0.3) is 0 Å². The van der Waals surface area contributed by atoms with E-state index >= 15 is 0 Å². The van der Waals surface area contributed by atoms with E-state index in [1.165, 1.54) is 12.8 Å². The van der Waals surface area contributed by atoms with E-state index in [2.05, 4.69) is 5.16 Å². The topological polar surface area (TPSA) is 41.8 Å². The van der Waals surface area contributed by atoms with Crippen LogP contribution in [0, 0.1) is 5.92 Å². The largest absolute Gasteiger partial charge is 0.493 e. The molecule has 1 aliphatic rings. The van der Waals surface area contributed by atoms with Crippen molar-refractivity contribution in [3.63, 3.8) is 0 Å². The van der Waals surface area contributed by atoms with E-state index in [1.807, 2.05) is 24.3 Å². The summed E-state index contributed by atoms with van der Waals surface area (Å²) in [5.41, 5.74) is 0.982. The minimum Gasteiger partial charge on any atom is -0.493 e. The molecule has 0 saturated heterocycles. The second-order valence-corrected chi connectivity index (χ2v) is 4.49. The molecule has 1 aliphatic carbocycles. The summed E-state index contributed by atoms with van der Waals surface area (Å²) in [6.07, 6.45) is 2.99. The van der Waals surface area contributed by atoms with Gasteiger partial charge >= 0.3 is 0 Å². The van der Waals surface area contributed by atoms with E-state index in [-0.39, 0.29) is 5.17 Å². The molecule has 0 bridgehead atoms. The highest BCUT2D eigenvalue weighted by Gasteiger charge is 2.21. The van der Waals surface area contributed by atoms with Crippen molar-refractivity contribution in [1.29, 1.82) is 0 Å². The zero-order valence-corrected chi connectivity index (χ0v) is 9.65. The van der Waals surface area contributed by atoms with Gasteiger partial charge in [-0.1, -0.05) is 28.9 Å². The fourth-order valence-corrected chi connectivity index (χ4v) is 1.60. The Balaban J connectivity index is 1.94. The summed E-state index contributed by atoms with van der Waals surface area (Å²) in [6, 6.07) is 7.70. The predicted octanol–water partition coefficient (Wildman–Crippen LogP) is 3.04. The zero-order chi connectivity index (χ0) is 11.4. The van der Waals surface area contributed by atoms with Crippen LogP contribution in [0.3, 0.4) is 0 Å². The minimum absolute atomic E-state index is 0.180. The van der Waals surface area contributed by atoms with Gasteiger partial charge in [-0.25, -0.2) is 0 Å². The molecule has 0 spiro atoms. The highest BCUT2D eigenvalue weighted by atomic mass is 35.5. The molecule has 1 aromatic rings. The summed E-state index contributed by atoms with van der Waals surface area (Å²) in [6.45, 7) is 0.797. The van der Waals surface area contributed by atoms with Crippen molar-refractivity contribution in [3.8, 4) is 5.75 Å². The number of benzene rings is 1. The Bertz CT molecular complexity index is 388. The molecular formula is C12H14ClNO2. The Morgan fingerprint density at radius 2 is 2.31 bits per heavy atom. The molecule has 0 unspecified atom stereocenters. The summed E-state index contributed by atoms with van der Waals surface area (Å²) in [5, 5.41) is 11.6. The van der Waals surface area contributed by atoms with Gasteiger partial charge in [0.05, 0.1) is 6.61 Å². The lowest BCUT2D eigenvalue weighted by atomic mass is 10.1. The van der Waals surface area contributed by atoms with Crippen molar-refractivity contribution < 1.29 is 9.94 Å². The van der Waals surface area contributed by atoms with Gasteiger partial charge in [0.2, 0.25) is 0 Å². The SMILES string of the molecule is ON=C(Cl)Cc1cccc(OCC2CC2)c1. The lowest BCUT2D eigenvalue weighted by Gasteiger charge is -2.06. The van der Waals surface area contributed by atoms with Crippen molar-refractivity contribution in [3.05, 3.63) is 29.8 Å². The highest BCUT2D eigenvalue weighted by molar-refractivity contribution is 6.65.